The van der Waals surface area contributed by atoms with Gasteiger partial charge in [0.25, 0.3) is 0 Å². The van der Waals surface area contributed by atoms with E-state index in [1.54, 1.807) is 0 Å². The molecule has 0 amide bonds. The standard InChI is InChI=1S/C18H29NO2/c1-4-20-16-12-8-7-11-15(16)17(19-3)18(21-5-2)13-9-6-10-14-18/h7-8,11-12,17,19H,4-6,9-10,13-14H2,1-3H3. The highest BCUT2D eigenvalue weighted by Gasteiger charge is 2.41. The molecule has 21 heavy (non-hydrogen) atoms. The molecule has 3 heteroatoms. The van der Waals surface area contributed by atoms with Gasteiger partial charge in [-0.1, -0.05) is 37.5 Å². The first kappa shape index (κ1) is 16.3. The van der Waals surface area contributed by atoms with E-state index in [9.17, 15) is 0 Å². The fourth-order valence-electron chi connectivity index (χ4n) is 3.66. The van der Waals surface area contributed by atoms with Crippen molar-refractivity contribution in [3.8, 4) is 5.75 Å². The van der Waals surface area contributed by atoms with Gasteiger partial charge in [0.15, 0.2) is 0 Å². The number of ether oxygens (including phenoxy) is 2. The fourth-order valence-corrected chi connectivity index (χ4v) is 3.66. The quantitative estimate of drug-likeness (QED) is 0.821. The molecule has 1 aliphatic carbocycles. The van der Waals surface area contributed by atoms with E-state index in [1.165, 1.54) is 24.8 Å². The zero-order chi connectivity index (χ0) is 15.1. The molecule has 1 aromatic rings. The number of hydrogen-bond acceptors (Lipinski definition) is 3. The first-order valence-corrected chi connectivity index (χ1v) is 8.30. The molecular formula is C18H29NO2. The third-order valence-corrected chi connectivity index (χ3v) is 4.48. The molecule has 2 rings (SSSR count). The molecule has 1 fully saturated rings. The number of rotatable bonds is 7. The summed E-state index contributed by atoms with van der Waals surface area (Å²) in [4.78, 5) is 0. The summed E-state index contributed by atoms with van der Waals surface area (Å²) >= 11 is 0. The minimum Gasteiger partial charge on any atom is -0.494 e. The van der Waals surface area contributed by atoms with Crippen LogP contribution in [-0.4, -0.2) is 25.9 Å². The zero-order valence-electron chi connectivity index (χ0n) is 13.7. The zero-order valence-corrected chi connectivity index (χ0v) is 13.7. The van der Waals surface area contributed by atoms with Crippen LogP contribution in [0.25, 0.3) is 0 Å². The van der Waals surface area contributed by atoms with Gasteiger partial charge in [-0.05, 0) is 39.8 Å². The van der Waals surface area contributed by atoms with Crippen molar-refractivity contribution in [1.82, 2.24) is 5.32 Å². The van der Waals surface area contributed by atoms with Crippen molar-refractivity contribution in [3.05, 3.63) is 29.8 Å². The fraction of sp³-hybridized carbons (Fsp3) is 0.667. The molecular weight excluding hydrogens is 262 g/mol. The number of likely N-dealkylation sites (N-methyl/N-ethyl adjacent to an activating group) is 1. The molecule has 3 nitrogen and oxygen atoms in total. The lowest BCUT2D eigenvalue weighted by atomic mass is 9.76. The summed E-state index contributed by atoms with van der Waals surface area (Å²) in [6.45, 7) is 5.58. The predicted molar refractivity (Wildman–Crippen MR) is 86.9 cm³/mol. The highest BCUT2D eigenvalue weighted by molar-refractivity contribution is 5.38. The van der Waals surface area contributed by atoms with Gasteiger partial charge in [0.05, 0.1) is 18.2 Å². The van der Waals surface area contributed by atoms with E-state index in [1.807, 2.05) is 20.0 Å². The molecule has 0 heterocycles. The maximum atomic E-state index is 6.29. The van der Waals surface area contributed by atoms with E-state index in [0.29, 0.717) is 6.61 Å². The van der Waals surface area contributed by atoms with Crippen molar-refractivity contribution in [3.63, 3.8) is 0 Å². The van der Waals surface area contributed by atoms with Crippen molar-refractivity contribution < 1.29 is 9.47 Å². The Morgan fingerprint density at radius 2 is 1.81 bits per heavy atom. The molecule has 1 saturated carbocycles. The van der Waals surface area contributed by atoms with Gasteiger partial charge in [0.2, 0.25) is 0 Å². The van der Waals surface area contributed by atoms with Crippen LogP contribution in [0.4, 0.5) is 0 Å². The molecule has 1 N–H and O–H groups in total. The van der Waals surface area contributed by atoms with Gasteiger partial charge in [0, 0.05) is 12.2 Å². The van der Waals surface area contributed by atoms with Crippen LogP contribution in [0.5, 0.6) is 5.75 Å². The topological polar surface area (TPSA) is 30.5 Å². The Morgan fingerprint density at radius 3 is 2.43 bits per heavy atom. The summed E-state index contributed by atoms with van der Waals surface area (Å²) in [7, 11) is 2.03. The van der Waals surface area contributed by atoms with Crippen LogP contribution in [0, 0.1) is 0 Å². The SMILES string of the molecule is CCOc1ccccc1C(NC)C1(OCC)CCCCC1. The second-order valence-corrected chi connectivity index (χ2v) is 5.75. The monoisotopic (exact) mass is 291 g/mol. The molecule has 0 spiro atoms. The second-order valence-electron chi connectivity index (χ2n) is 5.75. The largest absolute Gasteiger partial charge is 0.494 e. The van der Waals surface area contributed by atoms with Crippen LogP contribution in [0.1, 0.15) is 57.6 Å². The maximum absolute atomic E-state index is 6.29. The minimum absolute atomic E-state index is 0.102. The Morgan fingerprint density at radius 1 is 1.10 bits per heavy atom. The predicted octanol–water partition coefficient (Wildman–Crippen LogP) is 4.09. The first-order valence-electron chi connectivity index (χ1n) is 8.30. The summed E-state index contributed by atoms with van der Waals surface area (Å²) in [5, 5.41) is 3.51. The lowest BCUT2D eigenvalue weighted by Crippen LogP contribution is -2.46. The molecule has 1 unspecified atom stereocenters. The highest BCUT2D eigenvalue weighted by Crippen LogP contribution is 2.43. The maximum Gasteiger partial charge on any atom is 0.124 e. The van der Waals surface area contributed by atoms with E-state index in [2.05, 4.69) is 30.4 Å². The van der Waals surface area contributed by atoms with Crippen molar-refractivity contribution in [2.75, 3.05) is 20.3 Å². The Labute approximate surface area is 129 Å². The van der Waals surface area contributed by atoms with Gasteiger partial charge in [0.1, 0.15) is 5.75 Å². The highest BCUT2D eigenvalue weighted by atomic mass is 16.5. The third-order valence-electron chi connectivity index (χ3n) is 4.48. The number of nitrogens with one attached hydrogen (secondary N) is 1. The molecule has 0 bridgehead atoms. The Balaban J connectivity index is 2.36. The summed E-state index contributed by atoms with van der Waals surface area (Å²) < 4.78 is 12.1. The normalized spacial score (nSPS) is 19.2. The smallest absolute Gasteiger partial charge is 0.124 e. The van der Waals surface area contributed by atoms with Crippen molar-refractivity contribution in [2.24, 2.45) is 0 Å². The van der Waals surface area contributed by atoms with Gasteiger partial charge in [-0.2, -0.15) is 0 Å². The molecule has 0 aromatic heterocycles. The average Bonchev–Trinajstić information content (AvgIpc) is 2.51. The molecule has 1 aliphatic rings. The Kier molecular flexibility index (Phi) is 6.07. The lowest BCUT2D eigenvalue weighted by molar-refractivity contribution is -0.0902. The third kappa shape index (κ3) is 3.58. The van der Waals surface area contributed by atoms with Gasteiger partial charge in [-0.15, -0.1) is 0 Å². The summed E-state index contributed by atoms with van der Waals surface area (Å²) in [5.41, 5.74) is 1.12. The molecule has 0 aliphatic heterocycles. The van der Waals surface area contributed by atoms with E-state index in [4.69, 9.17) is 9.47 Å². The van der Waals surface area contributed by atoms with Crippen molar-refractivity contribution in [2.45, 2.75) is 57.6 Å². The van der Waals surface area contributed by atoms with Gasteiger partial charge >= 0.3 is 0 Å². The first-order chi connectivity index (χ1) is 10.3. The average molecular weight is 291 g/mol. The van der Waals surface area contributed by atoms with Gasteiger partial charge in [-0.25, -0.2) is 0 Å². The number of hydrogen-bond donors (Lipinski definition) is 1. The molecule has 0 radical (unpaired) electrons. The van der Waals surface area contributed by atoms with Crippen LogP contribution in [0.2, 0.25) is 0 Å². The van der Waals surface area contributed by atoms with E-state index in [0.717, 1.165) is 25.2 Å². The van der Waals surface area contributed by atoms with Crippen LogP contribution < -0.4 is 10.1 Å². The molecule has 0 saturated heterocycles. The van der Waals surface area contributed by atoms with E-state index >= 15 is 0 Å². The van der Waals surface area contributed by atoms with Gasteiger partial charge < -0.3 is 14.8 Å². The second kappa shape index (κ2) is 7.81. The number of para-hydroxylation sites is 1. The Hall–Kier alpha value is -1.06. The minimum atomic E-state index is -0.102. The summed E-state index contributed by atoms with van der Waals surface area (Å²) in [6, 6.07) is 8.54. The summed E-state index contributed by atoms with van der Waals surface area (Å²) in [5.74, 6) is 0.976. The van der Waals surface area contributed by atoms with Crippen LogP contribution in [0.15, 0.2) is 24.3 Å². The van der Waals surface area contributed by atoms with E-state index in [-0.39, 0.29) is 11.6 Å². The summed E-state index contributed by atoms with van der Waals surface area (Å²) in [6.07, 6.45) is 6.04. The lowest BCUT2D eigenvalue weighted by Gasteiger charge is -2.43. The van der Waals surface area contributed by atoms with Crippen LogP contribution in [0.3, 0.4) is 0 Å². The number of benzene rings is 1. The molecule has 1 atom stereocenters. The molecule has 118 valence electrons. The molecule has 1 aromatic carbocycles. The van der Waals surface area contributed by atoms with Crippen molar-refractivity contribution in [1.29, 1.82) is 0 Å². The Bertz CT molecular complexity index is 421. The van der Waals surface area contributed by atoms with E-state index < -0.39 is 0 Å². The van der Waals surface area contributed by atoms with Crippen molar-refractivity contribution >= 4 is 0 Å². The van der Waals surface area contributed by atoms with Gasteiger partial charge in [-0.3, -0.25) is 0 Å². The van der Waals surface area contributed by atoms with Crippen LogP contribution >= 0.6 is 0 Å². The van der Waals surface area contributed by atoms with Crippen LogP contribution in [-0.2, 0) is 4.74 Å².